The summed E-state index contributed by atoms with van der Waals surface area (Å²) in [5, 5.41) is 9.91. The van der Waals surface area contributed by atoms with Crippen LogP contribution < -0.4 is 24.7 Å². The van der Waals surface area contributed by atoms with Crippen molar-refractivity contribution in [3.05, 3.63) is 130 Å². The van der Waals surface area contributed by atoms with Gasteiger partial charge in [0.25, 0.3) is 0 Å². The van der Waals surface area contributed by atoms with E-state index in [1.807, 2.05) is 32.0 Å². The first-order valence-electron chi connectivity index (χ1n) is 12.9. The molecular formula is C33H27FN2O5. The van der Waals surface area contributed by atoms with E-state index in [0.717, 1.165) is 16.7 Å². The van der Waals surface area contributed by atoms with Crippen LogP contribution in [0.15, 0.2) is 96.4 Å². The lowest BCUT2D eigenvalue weighted by molar-refractivity contribution is -0.136. The average molecular weight is 551 g/mol. The van der Waals surface area contributed by atoms with Crippen LogP contribution in [-0.4, -0.2) is 12.6 Å². The van der Waals surface area contributed by atoms with Crippen LogP contribution in [-0.2, 0) is 11.4 Å². The number of allylic oxidation sites excluding steroid dienone is 1. The Hall–Kier alpha value is -5.29. The third-order valence-electron chi connectivity index (χ3n) is 6.80. The summed E-state index contributed by atoms with van der Waals surface area (Å²) in [6.45, 7) is 3.74. The third-order valence-corrected chi connectivity index (χ3v) is 6.80. The Morgan fingerprint density at radius 2 is 1.71 bits per heavy atom. The van der Waals surface area contributed by atoms with Crippen molar-refractivity contribution in [3.8, 4) is 29.1 Å². The molecule has 1 aliphatic rings. The number of ether oxygens (including phenoxy) is 4. The summed E-state index contributed by atoms with van der Waals surface area (Å²) in [6, 6.07) is 26.2. The first-order chi connectivity index (χ1) is 19.8. The molecule has 0 amide bonds. The molecule has 4 aromatic rings. The Bertz CT molecular complexity index is 1690. The Morgan fingerprint density at radius 1 is 0.927 bits per heavy atom. The van der Waals surface area contributed by atoms with Gasteiger partial charge in [0.2, 0.25) is 5.88 Å². The fourth-order valence-electron chi connectivity index (χ4n) is 4.51. The van der Waals surface area contributed by atoms with Crippen LogP contribution in [0.25, 0.3) is 0 Å². The highest BCUT2D eigenvalue weighted by molar-refractivity contribution is 5.74. The molecule has 0 aromatic heterocycles. The van der Waals surface area contributed by atoms with Gasteiger partial charge in [0.1, 0.15) is 47.1 Å². The molecule has 0 aliphatic carbocycles. The topological polar surface area (TPSA) is 104 Å². The maximum atomic E-state index is 14.0. The van der Waals surface area contributed by atoms with Gasteiger partial charge in [0, 0.05) is 17.2 Å². The number of fused-ring (bicyclic) bond motifs is 1. The number of esters is 1. The van der Waals surface area contributed by atoms with E-state index in [9.17, 15) is 14.4 Å². The minimum absolute atomic E-state index is 0.0472. The number of nitriles is 1. The predicted octanol–water partition coefficient (Wildman–Crippen LogP) is 6.22. The fourth-order valence-corrected chi connectivity index (χ4v) is 4.51. The molecule has 41 heavy (non-hydrogen) atoms. The summed E-state index contributed by atoms with van der Waals surface area (Å²) in [6.07, 6.45) is 0. The molecule has 7 nitrogen and oxygen atoms in total. The lowest BCUT2D eigenvalue weighted by Gasteiger charge is -2.27. The van der Waals surface area contributed by atoms with Gasteiger partial charge >= 0.3 is 5.97 Å². The molecule has 0 saturated carbocycles. The van der Waals surface area contributed by atoms with Gasteiger partial charge in [-0.15, -0.1) is 0 Å². The standard InChI is InChI=1S/C33H27FN2O5/c1-20-10-11-25(14-21(20)2)39-19-31(37)40-26-12-13-27-30(16-26)41-33(36)28(17-35)32(27)22-7-5-8-24(15-22)38-18-23-6-3-4-9-29(23)34/h3-16,32H,18-19,36H2,1-2H3. The van der Waals surface area contributed by atoms with Crippen LogP contribution in [0.4, 0.5) is 4.39 Å². The van der Waals surface area contributed by atoms with E-state index in [1.165, 1.54) is 6.07 Å². The summed E-state index contributed by atoms with van der Waals surface area (Å²) in [5.74, 6) is 0.126. The van der Waals surface area contributed by atoms with Gasteiger partial charge in [-0.3, -0.25) is 0 Å². The lowest BCUT2D eigenvalue weighted by Crippen LogP contribution is -2.21. The zero-order valence-electron chi connectivity index (χ0n) is 22.5. The number of aryl methyl sites for hydroxylation is 2. The molecule has 4 aromatic carbocycles. The van der Waals surface area contributed by atoms with Crippen molar-refractivity contribution in [2.45, 2.75) is 26.4 Å². The van der Waals surface area contributed by atoms with Crippen LogP contribution >= 0.6 is 0 Å². The second-order valence-corrected chi connectivity index (χ2v) is 9.59. The highest BCUT2D eigenvalue weighted by atomic mass is 19.1. The van der Waals surface area contributed by atoms with Crippen LogP contribution in [0, 0.1) is 31.0 Å². The Labute approximate surface area is 237 Å². The van der Waals surface area contributed by atoms with E-state index in [2.05, 4.69) is 6.07 Å². The maximum Gasteiger partial charge on any atom is 0.349 e. The number of carbonyl (C=O) groups excluding carboxylic acids is 1. The number of rotatable bonds is 8. The fraction of sp³-hybridized carbons (Fsp3) is 0.152. The smallest absolute Gasteiger partial charge is 0.349 e. The van der Waals surface area contributed by atoms with Gasteiger partial charge < -0.3 is 24.7 Å². The van der Waals surface area contributed by atoms with Gasteiger partial charge in [-0.2, -0.15) is 5.26 Å². The molecule has 0 radical (unpaired) electrons. The average Bonchev–Trinajstić information content (AvgIpc) is 2.96. The minimum atomic E-state index is -0.587. The monoisotopic (exact) mass is 550 g/mol. The quantitative estimate of drug-likeness (QED) is 0.205. The van der Waals surface area contributed by atoms with E-state index >= 15 is 0 Å². The first-order valence-corrected chi connectivity index (χ1v) is 12.9. The number of nitrogens with zero attached hydrogens (tertiary/aromatic N) is 1. The second-order valence-electron chi connectivity index (χ2n) is 9.59. The van der Waals surface area contributed by atoms with Crippen molar-refractivity contribution in [1.82, 2.24) is 0 Å². The summed E-state index contributed by atoms with van der Waals surface area (Å²) < 4.78 is 36.7. The molecule has 0 fully saturated rings. The second kappa shape index (κ2) is 11.8. The molecule has 1 unspecified atom stereocenters. The summed E-state index contributed by atoms with van der Waals surface area (Å²) >= 11 is 0. The zero-order valence-corrected chi connectivity index (χ0v) is 22.5. The third kappa shape index (κ3) is 6.15. The predicted molar refractivity (Wildman–Crippen MR) is 150 cm³/mol. The number of benzene rings is 4. The van der Waals surface area contributed by atoms with Crippen LogP contribution in [0.3, 0.4) is 0 Å². The van der Waals surface area contributed by atoms with Gasteiger partial charge in [0.05, 0.1) is 5.92 Å². The Kier molecular flexibility index (Phi) is 7.88. The molecule has 1 heterocycles. The Balaban J connectivity index is 1.33. The molecule has 0 bridgehead atoms. The summed E-state index contributed by atoms with van der Waals surface area (Å²) in [5.41, 5.74) is 10.4. The van der Waals surface area contributed by atoms with Crippen LogP contribution in [0.5, 0.6) is 23.0 Å². The van der Waals surface area contributed by atoms with E-state index in [1.54, 1.807) is 60.7 Å². The molecule has 5 rings (SSSR count). The SMILES string of the molecule is Cc1ccc(OCC(=O)Oc2ccc3c(c2)OC(N)=C(C#N)C3c2cccc(OCc3ccccc3F)c2)cc1C. The highest BCUT2D eigenvalue weighted by Gasteiger charge is 2.31. The van der Waals surface area contributed by atoms with Gasteiger partial charge in [-0.25, -0.2) is 9.18 Å². The molecule has 2 N–H and O–H groups in total. The maximum absolute atomic E-state index is 14.0. The molecule has 206 valence electrons. The van der Waals surface area contributed by atoms with Gasteiger partial charge in [-0.1, -0.05) is 42.5 Å². The van der Waals surface area contributed by atoms with E-state index in [4.69, 9.17) is 24.7 Å². The minimum Gasteiger partial charge on any atom is -0.489 e. The van der Waals surface area contributed by atoms with Gasteiger partial charge in [0.15, 0.2) is 6.61 Å². The lowest BCUT2D eigenvalue weighted by atomic mass is 9.83. The van der Waals surface area contributed by atoms with Gasteiger partial charge in [-0.05, 0) is 66.9 Å². The highest BCUT2D eigenvalue weighted by Crippen LogP contribution is 2.44. The van der Waals surface area contributed by atoms with Crippen molar-refractivity contribution >= 4 is 5.97 Å². The largest absolute Gasteiger partial charge is 0.489 e. The van der Waals surface area contributed by atoms with Crippen molar-refractivity contribution < 1.29 is 28.1 Å². The van der Waals surface area contributed by atoms with Crippen LogP contribution in [0.2, 0.25) is 0 Å². The Morgan fingerprint density at radius 3 is 2.49 bits per heavy atom. The van der Waals surface area contributed by atoms with Crippen molar-refractivity contribution in [2.75, 3.05) is 6.61 Å². The summed E-state index contributed by atoms with van der Waals surface area (Å²) in [4.78, 5) is 12.5. The number of halogens is 1. The molecule has 1 atom stereocenters. The molecular weight excluding hydrogens is 523 g/mol. The number of hydrogen-bond donors (Lipinski definition) is 1. The molecule has 1 aliphatic heterocycles. The van der Waals surface area contributed by atoms with E-state index in [0.29, 0.717) is 28.4 Å². The number of nitrogens with two attached hydrogens (primary N) is 1. The van der Waals surface area contributed by atoms with Crippen molar-refractivity contribution in [1.29, 1.82) is 5.26 Å². The summed E-state index contributed by atoms with van der Waals surface area (Å²) in [7, 11) is 0. The first kappa shape index (κ1) is 27.3. The van der Waals surface area contributed by atoms with E-state index < -0.39 is 11.9 Å². The molecule has 0 spiro atoms. The zero-order chi connectivity index (χ0) is 28.9. The van der Waals surface area contributed by atoms with Crippen LogP contribution in [0.1, 0.15) is 33.7 Å². The van der Waals surface area contributed by atoms with Crippen molar-refractivity contribution in [3.63, 3.8) is 0 Å². The molecule has 0 saturated heterocycles. The normalized spacial score (nSPS) is 14.0. The number of hydrogen-bond acceptors (Lipinski definition) is 7. The van der Waals surface area contributed by atoms with Crippen molar-refractivity contribution in [2.24, 2.45) is 5.73 Å². The van der Waals surface area contributed by atoms with E-state index in [-0.39, 0.29) is 36.2 Å². The molecule has 8 heteroatoms. The number of carbonyl (C=O) groups is 1.